The van der Waals surface area contributed by atoms with Crippen LogP contribution in [0.1, 0.15) is 34.1 Å². The smallest absolute Gasteiger partial charge is 0.00799 e. The quantitative estimate of drug-likeness (QED) is 0.558. The molecule has 0 aromatic rings. The third kappa shape index (κ3) is 159. The van der Waals surface area contributed by atoms with Gasteiger partial charge in [0.15, 0.2) is 0 Å². The van der Waals surface area contributed by atoms with E-state index < -0.39 is 0 Å². The predicted octanol–water partition coefficient (Wildman–Crippen LogP) is 2.02. The molecule has 0 heterocycles. The van der Waals surface area contributed by atoms with Crippen molar-refractivity contribution in [2.24, 2.45) is 11.7 Å². The van der Waals surface area contributed by atoms with Crippen LogP contribution in [0, 0.1) is 5.92 Å². The van der Waals surface area contributed by atoms with Crippen molar-refractivity contribution in [2.75, 3.05) is 6.54 Å². The molecule has 1 nitrogen and oxygen atoms in total. The van der Waals surface area contributed by atoms with Gasteiger partial charge < -0.3 is 5.73 Å². The van der Waals surface area contributed by atoms with Crippen LogP contribution in [-0.2, 0) is 0 Å². The minimum atomic E-state index is 0.819. The summed E-state index contributed by atoms with van der Waals surface area (Å²) in [6.45, 7) is 9.38. The first-order chi connectivity index (χ1) is 3.65. The molecule has 0 fully saturated rings. The SMILES string of the molecule is CC(C)C.CCCN. The summed E-state index contributed by atoms with van der Waals surface area (Å²) in [5.74, 6) is 0.833. The van der Waals surface area contributed by atoms with E-state index in [9.17, 15) is 0 Å². The Balaban J connectivity index is 0. The molecule has 0 unspecified atom stereocenters. The molecule has 0 saturated carbocycles. The lowest BCUT2D eigenvalue weighted by Crippen LogP contribution is -1.93. The lowest BCUT2D eigenvalue weighted by atomic mass is 10.3. The summed E-state index contributed by atoms with van der Waals surface area (Å²) >= 11 is 0. The van der Waals surface area contributed by atoms with Gasteiger partial charge in [-0.25, -0.2) is 0 Å². The Kier molecular flexibility index (Phi) is 13.6. The molecule has 1 heteroatoms. The molecule has 0 aliphatic carbocycles. The van der Waals surface area contributed by atoms with Crippen molar-refractivity contribution in [1.82, 2.24) is 0 Å². The zero-order chi connectivity index (χ0) is 6.99. The molecule has 52 valence electrons. The summed E-state index contributed by atoms with van der Waals surface area (Å²) in [4.78, 5) is 0. The lowest BCUT2D eigenvalue weighted by Gasteiger charge is -1.79. The maximum Gasteiger partial charge on any atom is -0.00799 e. The average Bonchev–Trinajstić information content (AvgIpc) is 1.65. The van der Waals surface area contributed by atoms with Gasteiger partial charge in [-0.2, -0.15) is 0 Å². The number of hydrogen-bond donors (Lipinski definition) is 1. The standard InChI is InChI=1S/C4H10.C3H9N/c1-4(2)3;1-2-3-4/h4H,1-3H3;2-4H2,1H3. The maximum atomic E-state index is 5.03. The molecule has 0 rings (SSSR count). The van der Waals surface area contributed by atoms with Crippen LogP contribution >= 0.6 is 0 Å². The molecule has 0 bridgehead atoms. The van der Waals surface area contributed by atoms with Crippen LogP contribution in [0.3, 0.4) is 0 Å². The molecule has 0 aromatic carbocycles. The van der Waals surface area contributed by atoms with E-state index in [0.717, 1.165) is 18.9 Å². The lowest BCUT2D eigenvalue weighted by molar-refractivity contribution is 0.737. The second-order valence-corrected chi connectivity index (χ2v) is 2.52. The van der Waals surface area contributed by atoms with E-state index in [-0.39, 0.29) is 0 Å². The molecular weight excluding hydrogens is 98.1 g/mol. The molecule has 0 aliphatic rings. The highest BCUT2D eigenvalue weighted by Gasteiger charge is 1.68. The Labute approximate surface area is 53.3 Å². The summed E-state index contributed by atoms with van der Waals surface area (Å²) in [5.41, 5.74) is 5.03. The largest absolute Gasteiger partial charge is 0.330 e. The number of hydrogen-bond acceptors (Lipinski definition) is 1. The van der Waals surface area contributed by atoms with E-state index in [1.54, 1.807) is 0 Å². The summed E-state index contributed by atoms with van der Waals surface area (Å²) in [6.07, 6.45) is 1.10. The van der Waals surface area contributed by atoms with Crippen molar-refractivity contribution >= 4 is 0 Å². The zero-order valence-electron chi connectivity index (χ0n) is 6.57. The Morgan fingerprint density at radius 1 is 1.25 bits per heavy atom. The molecule has 0 saturated heterocycles. The fourth-order valence-electron chi connectivity index (χ4n) is 0. The monoisotopic (exact) mass is 117 g/mol. The van der Waals surface area contributed by atoms with E-state index in [0.29, 0.717) is 0 Å². The molecule has 0 spiro atoms. The third-order valence-electron chi connectivity index (χ3n) is 0.289. The molecule has 0 amide bonds. The topological polar surface area (TPSA) is 26.0 Å². The minimum absolute atomic E-state index is 0.819. The summed E-state index contributed by atoms with van der Waals surface area (Å²) in [7, 11) is 0. The summed E-state index contributed by atoms with van der Waals surface area (Å²) in [5, 5.41) is 0. The zero-order valence-corrected chi connectivity index (χ0v) is 6.57. The first kappa shape index (κ1) is 10.9. The van der Waals surface area contributed by atoms with Gasteiger partial charge in [0.2, 0.25) is 0 Å². The van der Waals surface area contributed by atoms with Gasteiger partial charge in [0.1, 0.15) is 0 Å². The van der Waals surface area contributed by atoms with Crippen LogP contribution < -0.4 is 5.73 Å². The molecule has 0 atom stereocenters. The fourth-order valence-corrected chi connectivity index (χ4v) is 0. The van der Waals surface area contributed by atoms with Gasteiger partial charge in [0.05, 0.1) is 0 Å². The highest BCUT2D eigenvalue weighted by atomic mass is 14.5. The van der Waals surface area contributed by atoms with Gasteiger partial charge in [0, 0.05) is 0 Å². The van der Waals surface area contributed by atoms with Crippen molar-refractivity contribution in [2.45, 2.75) is 34.1 Å². The van der Waals surface area contributed by atoms with Gasteiger partial charge in [0.25, 0.3) is 0 Å². The van der Waals surface area contributed by atoms with Crippen LogP contribution in [0.5, 0.6) is 0 Å². The Hall–Kier alpha value is -0.0400. The molecule has 8 heavy (non-hydrogen) atoms. The van der Waals surface area contributed by atoms with Crippen LogP contribution in [0.2, 0.25) is 0 Å². The molecule has 2 N–H and O–H groups in total. The van der Waals surface area contributed by atoms with Crippen molar-refractivity contribution in [3.8, 4) is 0 Å². The molecular formula is C7H19N. The molecule has 0 radical (unpaired) electrons. The van der Waals surface area contributed by atoms with E-state index in [1.165, 1.54) is 0 Å². The average molecular weight is 117 g/mol. The van der Waals surface area contributed by atoms with E-state index in [2.05, 4.69) is 27.7 Å². The van der Waals surface area contributed by atoms with Crippen LogP contribution in [0.25, 0.3) is 0 Å². The van der Waals surface area contributed by atoms with Gasteiger partial charge in [-0.05, 0) is 18.9 Å². The molecule has 0 aliphatic heterocycles. The number of nitrogens with two attached hydrogens (primary N) is 1. The van der Waals surface area contributed by atoms with E-state index >= 15 is 0 Å². The Morgan fingerprint density at radius 2 is 1.38 bits per heavy atom. The fraction of sp³-hybridized carbons (Fsp3) is 1.00. The van der Waals surface area contributed by atoms with E-state index in [1.807, 2.05) is 0 Å². The van der Waals surface area contributed by atoms with Crippen LogP contribution in [0.15, 0.2) is 0 Å². The van der Waals surface area contributed by atoms with Crippen molar-refractivity contribution in [3.05, 3.63) is 0 Å². The first-order valence-corrected chi connectivity index (χ1v) is 3.35. The Morgan fingerprint density at radius 3 is 1.38 bits per heavy atom. The second kappa shape index (κ2) is 10.0. The maximum absolute atomic E-state index is 5.03. The van der Waals surface area contributed by atoms with Gasteiger partial charge >= 0.3 is 0 Å². The first-order valence-electron chi connectivity index (χ1n) is 3.35. The summed E-state index contributed by atoms with van der Waals surface area (Å²) in [6, 6.07) is 0. The second-order valence-electron chi connectivity index (χ2n) is 2.52. The van der Waals surface area contributed by atoms with Crippen molar-refractivity contribution in [3.63, 3.8) is 0 Å². The molecule has 0 aromatic heterocycles. The van der Waals surface area contributed by atoms with Gasteiger partial charge in [-0.1, -0.05) is 27.7 Å². The highest BCUT2D eigenvalue weighted by Crippen LogP contribution is 1.81. The number of rotatable bonds is 1. The normalized spacial score (nSPS) is 8.25. The van der Waals surface area contributed by atoms with Crippen molar-refractivity contribution in [1.29, 1.82) is 0 Å². The van der Waals surface area contributed by atoms with E-state index in [4.69, 9.17) is 5.73 Å². The highest BCUT2D eigenvalue weighted by molar-refractivity contribution is 4.20. The van der Waals surface area contributed by atoms with Crippen LogP contribution in [0.4, 0.5) is 0 Å². The van der Waals surface area contributed by atoms with Crippen molar-refractivity contribution < 1.29 is 0 Å². The minimum Gasteiger partial charge on any atom is -0.330 e. The summed E-state index contributed by atoms with van der Waals surface area (Å²) < 4.78 is 0. The van der Waals surface area contributed by atoms with Crippen LogP contribution in [-0.4, -0.2) is 6.54 Å². The Bertz CT molecular complexity index is 20.8. The third-order valence-corrected chi connectivity index (χ3v) is 0.289. The van der Waals surface area contributed by atoms with Gasteiger partial charge in [-0.15, -0.1) is 0 Å². The van der Waals surface area contributed by atoms with Gasteiger partial charge in [-0.3, -0.25) is 0 Å². The predicted molar refractivity (Wildman–Crippen MR) is 39.9 cm³/mol.